The maximum Gasteiger partial charge on any atom is 0.387 e. The molecule has 0 N–H and O–H groups in total. The highest BCUT2D eigenvalue weighted by molar-refractivity contribution is 6.32. The van der Waals surface area contributed by atoms with Crippen molar-refractivity contribution in [1.82, 2.24) is 4.98 Å². The van der Waals surface area contributed by atoms with E-state index in [4.69, 9.17) is 32.7 Å². The minimum Gasteiger partial charge on any atom is -0.493 e. The average Bonchev–Trinajstić information content (AvgIpc) is 2.55. The zero-order valence-electron chi connectivity index (χ0n) is 12.3. The summed E-state index contributed by atoms with van der Waals surface area (Å²) in [4.78, 5) is 16.0. The Morgan fingerprint density at radius 3 is 2.62 bits per heavy atom. The van der Waals surface area contributed by atoms with Gasteiger partial charge in [-0.2, -0.15) is 8.78 Å². The highest BCUT2D eigenvalue weighted by Crippen LogP contribution is 2.30. The van der Waals surface area contributed by atoms with Crippen LogP contribution < -0.4 is 9.47 Å². The van der Waals surface area contributed by atoms with Crippen LogP contribution in [0.2, 0.25) is 10.2 Å². The standard InChI is InChI=1S/C15H11Cl2F2NO4/c1-22-12-6-8(2-4-11(12)24-15(18)19)14(21)23-7-10-9(16)3-5-13(17)20-10/h2-6,15H,7H2,1H3. The van der Waals surface area contributed by atoms with E-state index in [0.29, 0.717) is 10.7 Å². The fourth-order valence-electron chi connectivity index (χ4n) is 1.76. The Bertz CT molecular complexity index is 743. The SMILES string of the molecule is COc1cc(C(=O)OCc2nc(Cl)ccc2Cl)ccc1OC(F)F. The molecule has 0 aliphatic carbocycles. The Hall–Kier alpha value is -2.12. The van der Waals surface area contributed by atoms with Crippen molar-refractivity contribution >= 4 is 29.2 Å². The van der Waals surface area contributed by atoms with E-state index in [0.717, 1.165) is 0 Å². The van der Waals surface area contributed by atoms with Gasteiger partial charge in [-0.15, -0.1) is 0 Å². The highest BCUT2D eigenvalue weighted by atomic mass is 35.5. The molecular formula is C15H11Cl2F2NO4. The van der Waals surface area contributed by atoms with Gasteiger partial charge in [-0.3, -0.25) is 0 Å². The summed E-state index contributed by atoms with van der Waals surface area (Å²) in [6, 6.07) is 6.72. The number of hydrogen-bond acceptors (Lipinski definition) is 5. The molecule has 0 aliphatic heterocycles. The molecule has 0 radical (unpaired) electrons. The first-order chi connectivity index (χ1) is 11.4. The molecule has 2 rings (SSSR count). The molecule has 0 fully saturated rings. The smallest absolute Gasteiger partial charge is 0.387 e. The largest absolute Gasteiger partial charge is 0.493 e. The van der Waals surface area contributed by atoms with E-state index >= 15 is 0 Å². The Balaban J connectivity index is 2.10. The molecule has 5 nitrogen and oxygen atoms in total. The zero-order valence-corrected chi connectivity index (χ0v) is 13.8. The van der Waals surface area contributed by atoms with E-state index in [1.54, 1.807) is 0 Å². The number of esters is 1. The molecule has 1 aromatic heterocycles. The molecule has 128 valence electrons. The molecule has 1 heterocycles. The number of pyridine rings is 1. The van der Waals surface area contributed by atoms with Crippen molar-refractivity contribution in [2.24, 2.45) is 0 Å². The minimum absolute atomic E-state index is 0.0244. The minimum atomic E-state index is -3.01. The van der Waals surface area contributed by atoms with Crippen LogP contribution in [0.25, 0.3) is 0 Å². The number of ether oxygens (including phenoxy) is 3. The summed E-state index contributed by atoms with van der Waals surface area (Å²) in [5.41, 5.74) is 0.383. The summed E-state index contributed by atoms with van der Waals surface area (Å²) in [5.74, 6) is -0.929. The third-order valence-corrected chi connectivity index (χ3v) is 3.39. The van der Waals surface area contributed by atoms with Crippen molar-refractivity contribution in [3.05, 3.63) is 51.8 Å². The number of aromatic nitrogens is 1. The second kappa shape index (κ2) is 8.12. The topological polar surface area (TPSA) is 57.7 Å². The van der Waals surface area contributed by atoms with Crippen LogP contribution in [0, 0.1) is 0 Å². The van der Waals surface area contributed by atoms with E-state index in [1.165, 1.54) is 37.4 Å². The number of alkyl halides is 2. The van der Waals surface area contributed by atoms with Gasteiger partial charge < -0.3 is 14.2 Å². The predicted molar refractivity (Wildman–Crippen MR) is 83.0 cm³/mol. The van der Waals surface area contributed by atoms with E-state index in [9.17, 15) is 13.6 Å². The van der Waals surface area contributed by atoms with Crippen LogP contribution in [-0.4, -0.2) is 24.7 Å². The van der Waals surface area contributed by atoms with Gasteiger partial charge in [0.2, 0.25) is 0 Å². The number of carbonyl (C=O) groups is 1. The summed E-state index contributed by atoms with van der Waals surface area (Å²) >= 11 is 11.7. The molecule has 9 heteroatoms. The molecule has 0 amide bonds. The van der Waals surface area contributed by atoms with Crippen LogP contribution in [0.1, 0.15) is 16.1 Å². The van der Waals surface area contributed by atoms with Crippen LogP contribution in [-0.2, 0) is 11.3 Å². The fourth-order valence-corrected chi connectivity index (χ4v) is 2.09. The Morgan fingerprint density at radius 2 is 1.96 bits per heavy atom. The van der Waals surface area contributed by atoms with Gasteiger partial charge >= 0.3 is 12.6 Å². The van der Waals surface area contributed by atoms with Crippen LogP contribution in [0.5, 0.6) is 11.5 Å². The maximum atomic E-state index is 12.3. The number of hydrogen-bond donors (Lipinski definition) is 0. The quantitative estimate of drug-likeness (QED) is 0.553. The van der Waals surface area contributed by atoms with Gasteiger partial charge in [-0.05, 0) is 30.3 Å². The fraction of sp³-hybridized carbons (Fsp3) is 0.200. The van der Waals surface area contributed by atoms with E-state index in [-0.39, 0.29) is 28.8 Å². The van der Waals surface area contributed by atoms with Gasteiger partial charge in [0, 0.05) is 0 Å². The summed E-state index contributed by atoms with van der Waals surface area (Å²) in [6.45, 7) is -3.21. The van der Waals surface area contributed by atoms with Crippen molar-refractivity contribution < 1.29 is 27.8 Å². The van der Waals surface area contributed by atoms with Crippen molar-refractivity contribution in [2.45, 2.75) is 13.2 Å². The molecule has 24 heavy (non-hydrogen) atoms. The zero-order chi connectivity index (χ0) is 17.7. The summed E-state index contributed by atoms with van der Waals surface area (Å²) < 4.78 is 38.8. The van der Waals surface area contributed by atoms with Gasteiger partial charge in [0.05, 0.1) is 23.4 Å². The van der Waals surface area contributed by atoms with Crippen LogP contribution in [0.3, 0.4) is 0 Å². The molecule has 0 saturated carbocycles. The van der Waals surface area contributed by atoms with Crippen molar-refractivity contribution in [1.29, 1.82) is 0 Å². The summed E-state index contributed by atoms with van der Waals surface area (Å²) in [5, 5.41) is 0.506. The van der Waals surface area contributed by atoms with Gasteiger partial charge in [0.1, 0.15) is 11.8 Å². The molecule has 0 atom stereocenters. The van der Waals surface area contributed by atoms with E-state index in [2.05, 4.69) is 9.72 Å². The molecule has 0 unspecified atom stereocenters. The number of benzene rings is 1. The van der Waals surface area contributed by atoms with E-state index < -0.39 is 12.6 Å². The predicted octanol–water partition coefficient (Wildman–Crippen LogP) is 4.36. The lowest BCUT2D eigenvalue weighted by molar-refractivity contribution is -0.0512. The van der Waals surface area contributed by atoms with Gasteiger partial charge in [-0.25, -0.2) is 9.78 Å². The molecule has 0 spiro atoms. The summed E-state index contributed by atoms with van der Waals surface area (Å²) in [7, 11) is 1.26. The first-order valence-electron chi connectivity index (χ1n) is 6.51. The second-order valence-corrected chi connectivity index (χ2v) is 5.18. The Morgan fingerprint density at radius 1 is 1.21 bits per heavy atom. The maximum absolute atomic E-state index is 12.3. The highest BCUT2D eigenvalue weighted by Gasteiger charge is 2.16. The lowest BCUT2D eigenvalue weighted by Crippen LogP contribution is -2.08. The normalized spacial score (nSPS) is 10.6. The number of methoxy groups -OCH3 is 1. The van der Waals surface area contributed by atoms with Crippen molar-refractivity contribution in [3.63, 3.8) is 0 Å². The average molecular weight is 378 g/mol. The Labute approximate surface area is 146 Å². The first-order valence-corrected chi connectivity index (χ1v) is 7.27. The monoisotopic (exact) mass is 377 g/mol. The van der Waals surface area contributed by atoms with Crippen LogP contribution >= 0.6 is 23.2 Å². The van der Waals surface area contributed by atoms with E-state index in [1.807, 2.05) is 0 Å². The first kappa shape index (κ1) is 18.2. The Kier molecular flexibility index (Phi) is 6.16. The summed E-state index contributed by atoms with van der Waals surface area (Å²) in [6.07, 6.45) is 0. The number of rotatable bonds is 6. The third-order valence-electron chi connectivity index (χ3n) is 2.84. The lowest BCUT2D eigenvalue weighted by Gasteiger charge is -2.11. The molecule has 0 saturated heterocycles. The third kappa shape index (κ3) is 4.69. The van der Waals surface area contributed by atoms with Crippen LogP contribution in [0.4, 0.5) is 8.78 Å². The van der Waals surface area contributed by atoms with Gasteiger partial charge in [0.25, 0.3) is 0 Å². The molecule has 2 aromatic rings. The van der Waals surface area contributed by atoms with Crippen LogP contribution in [0.15, 0.2) is 30.3 Å². The number of carbonyl (C=O) groups excluding carboxylic acids is 1. The van der Waals surface area contributed by atoms with Crippen molar-refractivity contribution in [3.8, 4) is 11.5 Å². The lowest BCUT2D eigenvalue weighted by atomic mass is 10.2. The molecule has 1 aromatic carbocycles. The number of nitrogens with zero attached hydrogens (tertiary/aromatic N) is 1. The second-order valence-electron chi connectivity index (χ2n) is 4.38. The van der Waals surface area contributed by atoms with Gasteiger partial charge in [0.15, 0.2) is 11.5 Å². The number of halogens is 4. The molecule has 0 bridgehead atoms. The molecular weight excluding hydrogens is 367 g/mol. The molecule has 0 aliphatic rings. The van der Waals surface area contributed by atoms with Crippen molar-refractivity contribution in [2.75, 3.05) is 7.11 Å². The van der Waals surface area contributed by atoms with Gasteiger partial charge in [-0.1, -0.05) is 23.2 Å².